The number of nitrogens with one attached hydrogen (secondary N) is 2. The number of likely N-dealkylation sites (N-methyl/N-ethyl adjacent to an activating group) is 1. The van der Waals surface area contributed by atoms with Gasteiger partial charge in [-0.1, -0.05) is 69.3 Å². The Hall–Kier alpha value is -4.32. The minimum absolute atomic E-state index is 0.0585. The highest BCUT2D eigenvalue weighted by Crippen LogP contribution is 2.61. The maximum Gasteiger partial charge on any atom is 0.270 e. The summed E-state index contributed by atoms with van der Waals surface area (Å²) in [6, 6.07) is 19.3. The Kier molecular flexibility index (Phi) is 11.0. The van der Waals surface area contributed by atoms with E-state index in [0.29, 0.717) is 72.5 Å². The Morgan fingerprint density at radius 1 is 1.08 bits per heavy atom. The molecule has 3 aromatic carbocycles. The van der Waals surface area contributed by atoms with Crippen molar-refractivity contribution < 1.29 is 24.4 Å². The number of methoxy groups -OCH3 is 1. The van der Waals surface area contributed by atoms with Crippen LogP contribution < -0.4 is 15.4 Å². The average molecular weight is 712 g/mol. The van der Waals surface area contributed by atoms with Crippen LogP contribution in [0.2, 0.25) is 0 Å². The number of amides is 2. The van der Waals surface area contributed by atoms with E-state index >= 15 is 0 Å². The second-order valence-electron chi connectivity index (χ2n) is 16.1. The molecule has 1 aliphatic heterocycles. The first kappa shape index (κ1) is 37.4. The molecule has 2 amide bonds. The highest BCUT2D eigenvalue weighted by atomic mass is 16.6. The minimum Gasteiger partial charge on any atom is -0.496 e. The van der Waals surface area contributed by atoms with E-state index in [1.807, 2.05) is 72.4 Å². The fraction of sp³-hybridized carbons (Fsp3) is 0.512. The molecule has 0 unspecified atom stereocenters. The molecule has 0 aromatic heterocycles. The van der Waals surface area contributed by atoms with Crippen LogP contribution in [0.3, 0.4) is 0 Å². The van der Waals surface area contributed by atoms with Crippen molar-refractivity contribution >= 4 is 17.5 Å². The van der Waals surface area contributed by atoms with Gasteiger partial charge in [0.15, 0.2) is 0 Å². The maximum atomic E-state index is 13.8. The van der Waals surface area contributed by atoms with Crippen LogP contribution in [0.5, 0.6) is 5.75 Å². The highest BCUT2D eigenvalue weighted by molar-refractivity contribution is 5.97. The standard InChI is InChI=1S/C41H53N5O6/c1-25-35-19-30(41(35,2)3)20-36(25)43-40(49)37-21-33(47)24-45(37)22-27-13-10-14-34(38(27)52-6)28-16-29(18-32(17-28)46(50)51)39(48)42-31(23-44(4)5)15-26-11-8-7-9-12-26/h7-14,16-18,25,30-31,33,35-37,47H,15,19-24H2,1-6H3,(H,42,48)(H,43,49)/t25-,30-,31-,33-,35+,36-,37-/m0/s1. The fourth-order valence-corrected chi connectivity index (χ4v) is 9.12. The third kappa shape index (κ3) is 7.86. The molecule has 0 spiro atoms. The SMILES string of the molecule is COc1c(CN2C[C@@H](O)C[C@H]2C(=O)N[C@H]2C[C@@H]3C[C@H]([C@@H]2C)C3(C)C)cccc1-c1cc(C(=O)N[C@@H](Cc2ccccc2)CN(C)C)cc([N+](=O)[O-])c1. The van der Waals surface area contributed by atoms with Crippen LogP contribution in [-0.2, 0) is 17.8 Å². The van der Waals surface area contributed by atoms with Gasteiger partial charge in [0, 0.05) is 60.5 Å². The van der Waals surface area contributed by atoms with Crippen molar-refractivity contribution in [3.8, 4) is 16.9 Å². The van der Waals surface area contributed by atoms with E-state index in [9.17, 15) is 24.8 Å². The van der Waals surface area contributed by atoms with Gasteiger partial charge in [0.05, 0.1) is 24.2 Å². The fourth-order valence-electron chi connectivity index (χ4n) is 9.12. The number of nitro groups is 1. The van der Waals surface area contributed by atoms with Gasteiger partial charge in [-0.2, -0.15) is 0 Å². The van der Waals surface area contributed by atoms with Gasteiger partial charge in [-0.15, -0.1) is 0 Å². The molecule has 4 aliphatic rings. The molecular weight excluding hydrogens is 658 g/mol. The first-order chi connectivity index (χ1) is 24.7. The molecule has 2 bridgehead atoms. The van der Waals surface area contributed by atoms with Crippen LogP contribution in [-0.4, -0.2) is 90.2 Å². The van der Waals surface area contributed by atoms with Gasteiger partial charge < -0.3 is 25.4 Å². The predicted octanol–water partition coefficient (Wildman–Crippen LogP) is 5.30. The summed E-state index contributed by atoms with van der Waals surface area (Å²) in [6.45, 7) is 8.19. The number of para-hydroxylation sites is 1. The van der Waals surface area contributed by atoms with Crippen LogP contribution in [0.15, 0.2) is 66.7 Å². The molecule has 1 saturated heterocycles. The van der Waals surface area contributed by atoms with Gasteiger partial charge in [0.25, 0.3) is 11.6 Å². The van der Waals surface area contributed by atoms with Crippen molar-refractivity contribution in [3.63, 3.8) is 0 Å². The first-order valence-electron chi connectivity index (χ1n) is 18.4. The lowest BCUT2D eigenvalue weighted by Gasteiger charge is -2.62. The van der Waals surface area contributed by atoms with E-state index in [0.717, 1.165) is 17.5 Å². The minimum atomic E-state index is -0.642. The van der Waals surface area contributed by atoms with Crippen LogP contribution in [0.4, 0.5) is 5.69 Å². The van der Waals surface area contributed by atoms with Crippen molar-refractivity contribution in [2.45, 2.75) is 77.2 Å². The molecule has 11 heteroatoms. The van der Waals surface area contributed by atoms with E-state index in [1.54, 1.807) is 13.2 Å². The predicted molar refractivity (Wildman–Crippen MR) is 201 cm³/mol. The van der Waals surface area contributed by atoms with Gasteiger partial charge >= 0.3 is 0 Å². The van der Waals surface area contributed by atoms with Gasteiger partial charge in [-0.3, -0.25) is 24.6 Å². The number of rotatable bonds is 13. The molecule has 4 fully saturated rings. The highest BCUT2D eigenvalue weighted by Gasteiger charge is 2.56. The summed E-state index contributed by atoms with van der Waals surface area (Å²) in [5.41, 5.74) is 3.18. The number of nitrogens with zero attached hydrogens (tertiary/aromatic N) is 3. The molecule has 7 rings (SSSR count). The molecule has 3 N–H and O–H groups in total. The van der Waals surface area contributed by atoms with E-state index in [-0.39, 0.29) is 29.2 Å². The molecular formula is C41H53N5O6. The van der Waals surface area contributed by atoms with E-state index in [1.165, 1.54) is 18.6 Å². The number of fused-ring (bicyclic) bond motifs is 2. The molecule has 0 radical (unpaired) electrons. The maximum absolute atomic E-state index is 13.8. The Morgan fingerprint density at radius 3 is 2.48 bits per heavy atom. The summed E-state index contributed by atoms with van der Waals surface area (Å²) in [5.74, 6) is 1.64. The van der Waals surface area contributed by atoms with Crippen LogP contribution in [0.1, 0.15) is 61.5 Å². The molecule has 278 valence electrons. The van der Waals surface area contributed by atoms with Gasteiger partial charge in [-0.05, 0) is 80.1 Å². The van der Waals surface area contributed by atoms with Crippen molar-refractivity contribution in [1.29, 1.82) is 0 Å². The average Bonchev–Trinajstić information content (AvgIpc) is 3.48. The topological polar surface area (TPSA) is 137 Å². The van der Waals surface area contributed by atoms with E-state index in [4.69, 9.17) is 4.74 Å². The number of carbonyl (C=O) groups is 2. The quantitative estimate of drug-likeness (QED) is 0.161. The number of hydrogen-bond donors (Lipinski definition) is 3. The first-order valence-corrected chi connectivity index (χ1v) is 18.4. The summed E-state index contributed by atoms with van der Waals surface area (Å²) < 4.78 is 5.95. The van der Waals surface area contributed by atoms with Crippen LogP contribution >= 0.6 is 0 Å². The van der Waals surface area contributed by atoms with Crippen LogP contribution in [0.25, 0.3) is 11.1 Å². The lowest BCUT2D eigenvalue weighted by molar-refractivity contribution is -0.384. The number of hydrogen-bond acceptors (Lipinski definition) is 8. The third-order valence-corrected chi connectivity index (χ3v) is 12.0. The Labute approximate surface area is 306 Å². The van der Waals surface area contributed by atoms with Crippen molar-refractivity contribution in [1.82, 2.24) is 20.4 Å². The number of aliphatic hydroxyl groups is 1. The summed E-state index contributed by atoms with van der Waals surface area (Å²) >= 11 is 0. The summed E-state index contributed by atoms with van der Waals surface area (Å²) in [4.78, 5) is 43.1. The number of nitro benzene ring substituents is 1. The second-order valence-corrected chi connectivity index (χ2v) is 16.1. The lowest BCUT2D eigenvalue weighted by Crippen LogP contribution is -2.61. The van der Waals surface area contributed by atoms with Crippen molar-refractivity contribution in [2.75, 3.05) is 34.3 Å². The number of non-ortho nitro benzene ring substituents is 1. The van der Waals surface area contributed by atoms with Crippen LogP contribution in [0, 0.1) is 33.3 Å². The molecule has 1 heterocycles. The zero-order chi connectivity index (χ0) is 37.3. The van der Waals surface area contributed by atoms with Gasteiger partial charge in [0.2, 0.25) is 5.91 Å². The number of β-amino-alcohol motifs (C(OH)–C–C–N with tert-alkyl or cyclic N) is 1. The summed E-state index contributed by atoms with van der Waals surface area (Å²) in [5, 5.41) is 29.3. The molecule has 7 atom stereocenters. The zero-order valence-corrected chi connectivity index (χ0v) is 31.2. The third-order valence-electron chi connectivity index (χ3n) is 12.0. The normalized spacial score (nSPS) is 25.6. The van der Waals surface area contributed by atoms with Gasteiger partial charge in [0.1, 0.15) is 5.75 Å². The van der Waals surface area contributed by atoms with Crippen molar-refractivity contribution in [2.24, 2.45) is 23.2 Å². The van der Waals surface area contributed by atoms with E-state index in [2.05, 4.69) is 31.4 Å². The Balaban J connectivity index is 1.23. The largest absolute Gasteiger partial charge is 0.496 e. The lowest BCUT2D eigenvalue weighted by atomic mass is 9.45. The Morgan fingerprint density at radius 2 is 1.83 bits per heavy atom. The molecule has 3 saturated carbocycles. The van der Waals surface area contributed by atoms with Gasteiger partial charge in [-0.25, -0.2) is 0 Å². The molecule has 11 nitrogen and oxygen atoms in total. The number of likely N-dealkylation sites (tertiary alicyclic amines) is 1. The van der Waals surface area contributed by atoms with Crippen molar-refractivity contribution in [3.05, 3.63) is 93.5 Å². The molecule has 52 heavy (non-hydrogen) atoms. The van der Waals surface area contributed by atoms with E-state index < -0.39 is 23.0 Å². The molecule has 3 aromatic rings. The number of carbonyl (C=O) groups excluding carboxylic acids is 2. The molecule has 3 aliphatic carbocycles. The number of benzene rings is 3. The number of ether oxygens (including phenoxy) is 1. The second kappa shape index (κ2) is 15.3. The Bertz CT molecular complexity index is 1780. The summed E-state index contributed by atoms with van der Waals surface area (Å²) in [7, 11) is 5.42. The zero-order valence-electron chi connectivity index (χ0n) is 31.2. The summed E-state index contributed by atoms with van der Waals surface area (Å²) in [6.07, 6.45) is 2.51. The monoisotopic (exact) mass is 711 g/mol. The number of aliphatic hydroxyl groups excluding tert-OH is 1. The smallest absolute Gasteiger partial charge is 0.270 e.